The van der Waals surface area contributed by atoms with Gasteiger partial charge in [-0.25, -0.2) is 14.3 Å². The second-order valence-electron chi connectivity index (χ2n) is 8.66. The predicted molar refractivity (Wildman–Crippen MR) is 137 cm³/mol. The van der Waals surface area contributed by atoms with Gasteiger partial charge >= 0.3 is 5.97 Å². The van der Waals surface area contributed by atoms with E-state index < -0.39 is 34.9 Å². The number of amides is 3. The predicted octanol–water partition coefficient (Wildman–Crippen LogP) is -0.170. The van der Waals surface area contributed by atoms with Crippen molar-refractivity contribution in [3.05, 3.63) is 58.5 Å². The molecule has 0 radical (unpaired) electrons. The number of thiazole rings is 1. The molecule has 0 unspecified atom stereocenters. The summed E-state index contributed by atoms with van der Waals surface area (Å²) in [5.74, 6) is -2.80. The summed E-state index contributed by atoms with van der Waals surface area (Å²) in [4.78, 5) is 57.6. The van der Waals surface area contributed by atoms with Crippen LogP contribution in [0.1, 0.15) is 12.1 Å². The molecule has 5 rings (SSSR count). The van der Waals surface area contributed by atoms with Crippen molar-refractivity contribution < 1.29 is 34.1 Å². The van der Waals surface area contributed by atoms with E-state index in [9.17, 15) is 29.5 Å². The summed E-state index contributed by atoms with van der Waals surface area (Å²) >= 11 is 2.31. The number of carboxylic acid groups (broad SMARTS) is 1. The lowest BCUT2D eigenvalue weighted by Crippen LogP contribution is -2.71. The van der Waals surface area contributed by atoms with Crippen molar-refractivity contribution in [1.29, 1.82) is 0 Å². The van der Waals surface area contributed by atoms with Crippen LogP contribution in [0.15, 0.2) is 58.0 Å². The summed E-state index contributed by atoms with van der Waals surface area (Å²) in [5, 5.41) is 25.6. The van der Waals surface area contributed by atoms with E-state index >= 15 is 0 Å². The largest absolute Gasteiger partial charge is 0.477 e. The number of hydrogen-bond acceptors (Lipinski definition) is 10. The number of allylic oxidation sites excluding steroid dienone is 1. The van der Waals surface area contributed by atoms with Gasteiger partial charge in [0.2, 0.25) is 0 Å². The zero-order valence-electron chi connectivity index (χ0n) is 19.9. The molecule has 0 aromatic carbocycles. The second kappa shape index (κ2) is 9.90. The van der Waals surface area contributed by atoms with E-state index in [2.05, 4.69) is 15.5 Å². The fourth-order valence-corrected chi connectivity index (χ4v) is 6.36. The number of nitrogens with one attached hydrogen (secondary N) is 1. The first-order valence-electron chi connectivity index (χ1n) is 11.3. The lowest BCUT2D eigenvalue weighted by atomic mass is 10.0. The third-order valence-electron chi connectivity index (χ3n) is 6.28. The molecule has 3 aliphatic rings. The normalized spacial score (nSPS) is 22.6. The van der Waals surface area contributed by atoms with Gasteiger partial charge < -0.3 is 26.3 Å². The molecule has 196 valence electrons. The Hall–Kier alpha value is -4.24. The van der Waals surface area contributed by atoms with Crippen LogP contribution in [0.2, 0.25) is 0 Å². The Morgan fingerprint density at radius 1 is 1.37 bits per heavy atom. The Labute approximate surface area is 223 Å². The number of nitrogens with zero attached hydrogens (tertiary/aromatic N) is 5. The molecule has 0 bridgehead atoms. The van der Waals surface area contributed by atoms with Gasteiger partial charge in [0.15, 0.2) is 23.2 Å². The van der Waals surface area contributed by atoms with Gasteiger partial charge in [-0.1, -0.05) is 5.16 Å². The van der Waals surface area contributed by atoms with Crippen LogP contribution in [0, 0.1) is 0 Å². The van der Waals surface area contributed by atoms with E-state index in [1.807, 2.05) is 36.1 Å². The molecule has 13 nitrogen and oxygen atoms in total. The number of rotatable bonds is 6. The molecule has 2 fully saturated rings. The fourth-order valence-electron chi connectivity index (χ4n) is 4.51. The number of aryl methyl sites for hydroxylation is 1. The number of nitrogens with two attached hydrogens (primary N) is 1. The first-order chi connectivity index (χ1) is 18.2. The Bertz CT molecular complexity index is 1470. The number of nitrogen functional groups attached to an aromatic ring is 1. The average molecular weight is 557 g/mol. The number of carboxylic acids is 1. The monoisotopic (exact) mass is 556 g/mol. The van der Waals surface area contributed by atoms with Gasteiger partial charge in [0.05, 0.1) is 0 Å². The summed E-state index contributed by atoms with van der Waals surface area (Å²) in [6.07, 6.45) is 5.67. The van der Waals surface area contributed by atoms with Crippen molar-refractivity contribution in [3.63, 3.8) is 0 Å². The number of aliphatic carboxylic acids is 1. The summed E-state index contributed by atoms with van der Waals surface area (Å²) in [6.45, 7) is 0.455. The molecule has 0 aliphatic carbocycles. The Kier molecular flexibility index (Phi) is 6.62. The van der Waals surface area contributed by atoms with Crippen LogP contribution in [-0.4, -0.2) is 73.3 Å². The number of pyridine rings is 1. The number of fused-ring (bicyclic) bond motifs is 1. The third kappa shape index (κ3) is 4.39. The minimum Gasteiger partial charge on any atom is -0.477 e. The van der Waals surface area contributed by atoms with Gasteiger partial charge in [-0.15, -0.1) is 23.1 Å². The van der Waals surface area contributed by atoms with Gasteiger partial charge in [0.25, 0.3) is 17.7 Å². The van der Waals surface area contributed by atoms with Crippen molar-refractivity contribution in [1.82, 2.24) is 15.2 Å². The molecule has 3 aliphatic heterocycles. The number of aromatic nitrogens is 2. The van der Waals surface area contributed by atoms with Crippen LogP contribution < -0.4 is 20.5 Å². The van der Waals surface area contributed by atoms with E-state index in [-0.39, 0.29) is 28.2 Å². The van der Waals surface area contributed by atoms with Crippen LogP contribution in [0.25, 0.3) is 0 Å². The minimum atomic E-state index is -1.31. The number of hydrogen-bond donors (Lipinski definition) is 4. The fraction of sp³-hybridized carbons (Fsp3) is 0.261. The van der Waals surface area contributed by atoms with E-state index in [1.54, 1.807) is 11.0 Å². The Morgan fingerprint density at radius 3 is 2.82 bits per heavy atom. The van der Waals surface area contributed by atoms with E-state index in [1.165, 1.54) is 17.1 Å². The highest BCUT2D eigenvalue weighted by atomic mass is 32.2. The highest BCUT2D eigenvalue weighted by Crippen LogP contribution is 2.41. The molecule has 2 atom stereocenters. The topological polar surface area (TPSA) is 182 Å². The summed E-state index contributed by atoms with van der Waals surface area (Å²) in [5.41, 5.74) is 6.51. The van der Waals surface area contributed by atoms with Gasteiger partial charge in [-0.2, -0.15) is 0 Å². The summed E-state index contributed by atoms with van der Waals surface area (Å²) < 4.78 is 1.83. The second-order valence-corrected chi connectivity index (χ2v) is 10.7. The standard InChI is InChI=1S/C23H21N7O6S2/c1-28-5-2-3-13(8-28)29-6-4-11(19(29)32)7-12-9-37-21-16(20(33)30(21)17(12)22(34)35)26-18(31)15(27-36)14-10-38-23(24)25-14/h2-3,5,7-8,10,16,21H,4,6,9H2,1H3,(H4-,24,25,26,31,34,35,36)/p+1/b11-7+/t16-,21-/m1/s1. The molecule has 3 amide bonds. The van der Waals surface area contributed by atoms with E-state index in [4.69, 9.17) is 5.73 Å². The molecular weight excluding hydrogens is 534 g/mol. The van der Waals surface area contributed by atoms with Crippen LogP contribution in [0.3, 0.4) is 0 Å². The van der Waals surface area contributed by atoms with Gasteiger partial charge in [0.1, 0.15) is 35.5 Å². The lowest BCUT2D eigenvalue weighted by molar-refractivity contribution is -0.670. The number of carbonyl (C=O) groups is 4. The molecule has 5 heterocycles. The molecule has 0 saturated carbocycles. The Balaban J connectivity index is 1.35. The smallest absolute Gasteiger partial charge is 0.352 e. The number of carbonyl (C=O) groups excluding carboxylic acids is 3. The molecule has 0 spiro atoms. The minimum absolute atomic E-state index is 0.0481. The molecule has 2 aromatic rings. The van der Waals surface area contributed by atoms with Crippen LogP contribution in [-0.2, 0) is 26.2 Å². The molecule has 5 N–H and O–H groups in total. The SMILES string of the molecule is C[n+]1cccc(N2CC/C(=C\C3=C(C(=O)O)N4C(=O)[C@@H](NC(=O)/C(=N\O)c5csc(N)n5)[C@H]4SC3)C2=O)c1. The van der Waals surface area contributed by atoms with Gasteiger partial charge in [0, 0.05) is 29.3 Å². The van der Waals surface area contributed by atoms with Crippen molar-refractivity contribution in [2.75, 3.05) is 22.9 Å². The van der Waals surface area contributed by atoms with E-state index in [0.717, 1.165) is 21.9 Å². The maximum Gasteiger partial charge on any atom is 0.352 e. The van der Waals surface area contributed by atoms with Crippen molar-refractivity contribution in [3.8, 4) is 0 Å². The first kappa shape index (κ1) is 25.4. The van der Waals surface area contributed by atoms with Crippen molar-refractivity contribution in [2.45, 2.75) is 17.8 Å². The van der Waals surface area contributed by atoms with Crippen LogP contribution >= 0.6 is 23.1 Å². The highest BCUT2D eigenvalue weighted by molar-refractivity contribution is 8.00. The number of anilines is 2. The van der Waals surface area contributed by atoms with Crippen molar-refractivity contribution in [2.24, 2.45) is 12.2 Å². The average Bonchev–Trinajstić information content (AvgIpc) is 3.47. The zero-order chi connectivity index (χ0) is 27.1. The quantitative estimate of drug-likeness (QED) is 0.0937. The third-order valence-corrected chi connectivity index (χ3v) is 8.25. The molecule has 2 aromatic heterocycles. The maximum atomic E-state index is 13.1. The molecule has 2 saturated heterocycles. The number of oxime groups is 1. The lowest BCUT2D eigenvalue weighted by Gasteiger charge is -2.49. The van der Waals surface area contributed by atoms with E-state index in [0.29, 0.717) is 24.1 Å². The molecular formula is C23H22N7O6S2+. The van der Waals surface area contributed by atoms with Crippen LogP contribution in [0.4, 0.5) is 10.8 Å². The molecule has 15 heteroatoms. The van der Waals surface area contributed by atoms with Crippen LogP contribution in [0.5, 0.6) is 0 Å². The number of β-lactam (4-membered cyclic amide) rings is 1. The first-order valence-corrected chi connectivity index (χ1v) is 13.3. The highest BCUT2D eigenvalue weighted by Gasteiger charge is 2.54. The zero-order valence-corrected chi connectivity index (χ0v) is 21.5. The van der Waals surface area contributed by atoms with Gasteiger partial charge in [-0.05, 0) is 24.1 Å². The summed E-state index contributed by atoms with van der Waals surface area (Å²) in [7, 11) is 1.85. The van der Waals surface area contributed by atoms with Gasteiger partial charge in [-0.3, -0.25) is 19.3 Å². The van der Waals surface area contributed by atoms with Crippen molar-refractivity contribution >= 4 is 63.3 Å². The molecule has 38 heavy (non-hydrogen) atoms. The Morgan fingerprint density at radius 2 is 2.16 bits per heavy atom. The number of thioether (sulfide) groups is 1. The maximum absolute atomic E-state index is 13.1. The summed E-state index contributed by atoms with van der Waals surface area (Å²) in [6, 6.07) is 2.62.